The van der Waals surface area contributed by atoms with E-state index < -0.39 is 11.8 Å². The van der Waals surface area contributed by atoms with Crippen molar-refractivity contribution >= 4 is 22.8 Å². The van der Waals surface area contributed by atoms with Crippen molar-refractivity contribution in [1.29, 1.82) is 0 Å². The molecule has 8 nitrogen and oxygen atoms in total. The molecule has 0 fully saturated rings. The highest BCUT2D eigenvalue weighted by Crippen LogP contribution is 2.28. The number of amides is 2. The Morgan fingerprint density at radius 3 is 2.47 bits per heavy atom. The first-order chi connectivity index (χ1) is 14.6. The van der Waals surface area contributed by atoms with Gasteiger partial charge in [0.05, 0.1) is 20.3 Å². The van der Waals surface area contributed by atoms with Crippen LogP contribution >= 0.6 is 0 Å². The molecular weight excluding hydrogens is 388 g/mol. The van der Waals surface area contributed by atoms with Crippen LogP contribution in [0.5, 0.6) is 11.5 Å². The van der Waals surface area contributed by atoms with Crippen molar-refractivity contribution in [1.82, 2.24) is 10.9 Å². The molecule has 0 spiro atoms. The van der Waals surface area contributed by atoms with Crippen molar-refractivity contribution in [3.8, 4) is 11.5 Å². The SMILES string of the molecule is CCOCc1c(C(=O)NNC(=O)c2ccc(OCC)c(OC)c2)oc2ccccc12. The summed E-state index contributed by atoms with van der Waals surface area (Å²) in [5.74, 6) is -0.0379. The summed E-state index contributed by atoms with van der Waals surface area (Å²) in [5.41, 5.74) is 6.28. The Balaban J connectivity index is 1.75. The van der Waals surface area contributed by atoms with E-state index in [1.807, 2.05) is 32.0 Å². The van der Waals surface area contributed by atoms with Crippen molar-refractivity contribution in [3.63, 3.8) is 0 Å². The number of hydrazine groups is 1. The molecule has 1 heterocycles. The minimum Gasteiger partial charge on any atom is -0.493 e. The van der Waals surface area contributed by atoms with Crippen molar-refractivity contribution in [2.45, 2.75) is 20.5 Å². The van der Waals surface area contributed by atoms with E-state index in [0.29, 0.717) is 41.4 Å². The van der Waals surface area contributed by atoms with E-state index in [1.54, 1.807) is 18.2 Å². The molecule has 30 heavy (non-hydrogen) atoms. The van der Waals surface area contributed by atoms with E-state index in [9.17, 15) is 9.59 Å². The largest absolute Gasteiger partial charge is 0.493 e. The zero-order valence-electron chi connectivity index (χ0n) is 17.1. The van der Waals surface area contributed by atoms with E-state index in [-0.39, 0.29) is 12.4 Å². The van der Waals surface area contributed by atoms with Gasteiger partial charge in [0, 0.05) is 23.1 Å². The van der Waals surface area contributed by atoms with Gasteiger partial charge in [0.1, 0.15) is 5.58 Å². The normalized spacial score (nSPS) is 10.6. The minimum absolute atomic E-state index is 0.0919. The van der Waals surface area contributed by atoms with E-state index in [0.717, 1.165) is 5.39 Å². The van der Waals surface area contributed by atoms with Gasteiger partial charge in [-0.15, -0.1) is 0 Å². The molecule has 3 aromatic rings. The summed E-state index contributed by atoms with van der Waals surface area (Å²) in [4.78, 5) is 25.1. The van der Waals surface area contributed by atoms with Gasteiger partial charge in [-0.2, -0.15) is 0 Å². The maximum absolute atomic E-state index is 12.7. The van der Waals surface area contributed by atoms with Gasteiger partial charge in [-0.1, -0.05) is 18.2 Å². The third-order valence-corrected chi connectivity index (χ3v) is 4.37. The lowest BCUT2D eigenvalue weighted by atomic mass is 10.1. The number of hydrogen-bond donors (Lipinski definition) is 2. The molecule has 0 atom stereocenters. The fourth-order valence-electron chi connectivity index (χ4n) is 2.96. The summed E-state index contributed by atoms with van der Waals surface area (Å²) in [6.45, 7) is 4.91. The molecule has 0 aliphatic heterocycles. The van der Waals surface area contributed by atoms with Crippen molar-refractivity contribution < 1.29 is 28.2 Å². The number of ether oxygens (including phenoxy) is 3. The fraction of sp³-hybridized carbons (Fsp3) is 0.273. The summed E-state index contributed by atoms with van der Waals surface area (Å²) in [7, 11) is 1.49. The second kappa shape index (κ2) is 9.80. The van der Waals surface area contributed by atoms with Gasteiger partial charge >= 0.3 is 5.91 Å². The van der Waals surface area contributed by atoms with Crippen molar-refractivity contribution in [3.05, 3.63) is 59.4 Å². The van der Waals surface area contributed by atoms with Crippen LogP contribution in [0, 0.1) is 0 Å². The van der Waals surface area contributed by atoms with E-state index >= 15 is 0 Å². The number of fused-ring (bicyclic) bond motifs is 1. The molecule has 2 N–H and O–H groups in total. The predicted molar refractivity (Wildman–Crippen MR) is 111 cm³/mol. The Morgan fingerprint density at radius 1 is 0.967 bits per heavy atom. The van der Waals surface area contributed by atoms with E-state index in [1.165, 1.54) is 13.2 Å². The number of hydrogen-bond acceptors (Lipinski definition) is 6. The number of rotatable bonds is 8. The average molecular weight is 412 g/mol. The van der Waals surface area contributed by atoms with Crippen LogP contribution in [-0.2, 0) is 11.3 Å². The molecular formula is C22H24N2O6. The quantitative estimate of drug-likeness (QED) is 0.550. The molecule has 0 saturated heterocycles. The van der Waals surface area contributed by atoms with Gasteiger partial charge in [-0.25, -0.2) is 0 Å². The molecule has 3 rings (SSSR count). The highest BCUT2D eigenvalue weighted by atomic mass is 16.5. The van der Waals surface area contributed by atoms with Crippen LogP contribution in [0.25, 0.3) is 11.0 Å². The van der Waals surface area contributed by atoms with E-state index in [4.69, 9.17) is 18.6 Å². The Kier molecular flexibility index (Phi) is 6.92. The van der Waals surface area contributed by atoms with Gasteiger partial charge in [0.2, 0.25) is 0 Å². The van der Waals surface area contributed by atoms with Crippen LogP contribution < -0.4 is 20.3 Å². The molecule has 0 aliphatic carbocycles. The molecule has 0 radical (unpaired) electrons. The standard InChI is InChI=1S/C22H24N2O6/c1-4-28-13-16-15-8-6-7-9-17(15)30-20(16)22(26)24-23-21(25)14-10-11-18(29-5-2)19(12-14)27-3/h6-12H,4-5,13H2,1-3H3,(H,23,25)(H,24,26). The van der Waals surface area contributed by atoms with Crippen molar-refractivity contribution in [2.24, 2.45) is 0 Å². The lowest BCUT2D eigenvalue weighted by molar-refractivity contribution is 0.0825. The second-order valence-corrected chi connectivity index (χ2v) is 6.25. The van der Waals surface area contributed by atoms with Gasteiger partial charge < -0.3 is 18.6 Å². The number of nitrogens with one attached hydrogen (secondary N) is 2. The van der Waals surface area contributed by atoms with E-state index in [2.05, 4.69) is 10.9 Å². The summed E-state index contributed by atoms with van der Waals surface area (Å²) < 4.78 is 21.9. The molecule has 2 aromatic carbocycles. The zero-order valence-corrected chi connectivity index (χ0v) is 17.1. The highest BCUT2D eigenvalue weighted by Gasteiger charge is 2.21. The third-order valence-electron chi connectivity index (χ3n) is 4.37. The van der Waals surface area contributed by atoms with Crippen LogP contribution in [0.2, 0.25) is 0 Å². The number of carbonyl (C=O) groups excluding carboxylic acids is 2. The van der Waals surface area contributed by atoms with Crippen LogP contribution in [0.15, 0.2) is 46.9 Å². The maximum atomic E-state index is 12.7. The summed E-state index contributed by atoms with van der Waals surface area (Å²) in [6.07, 6.45) is 0. The monoisotopic (exact) mass is 412 g/mol. The molecule has 0 bridgehead atoms. The lowest BCUT2D eigenvalue weighted by Crippen LogP contribution is -2.41. The topological polar surface area (TPSA) is 99.0 Å². The molecule has 2 amide bonds. The third kappa shape index (κ3) is 4.55. The molecule has 8 heteroatoms. The molecule has 0 unspecified atom stereocenters. The Hall–Kier alpha value is -3.52. The summed E-state index contributed by atoms with van der Waals surface area (Å²) >= 11 is 0. The average Bonchev–Trinajstić information content (AvgIpc) is 3.14. The first-order valence-electron chi connectivity index (χ1n) is 9.58. The first-order valence-corrected chi connectivity index (χ1v) is 9.58. The Labute approximate surface area is 174 Å². The second-order valence-electron chi connectivity index (χ2n) is 6.25. The minimum atomic E-state index is -0.577. The van der Waals surface area contributed by atoms with Crippen LogP contribution in [-0.4, -0.2) is 32.1 Å². The lowest BCUT2D eigenvalue weighted by Gasteiger charge is -2.11. The highest BCUT2D eigenvalue weighted by molar-refractivity contribution is 6.01. The van der Waals surface area contributed by atoms with Gasteiger partial charge in [-0.05, 0) is 38.1 Å². The number of furan rings is 1. The van der Waals surface area contributed by atoms with Crippen LogP contribution in [0.1, 0.15) is 40.3 Å². The first kappa shape index (κ1) is 21.2. The summed E-state index contributed by atoms with van der Waals surface area (Å²) in [5, 5.41) is 0.790. The predicted octanol–water partition coefficient (Wildman–Crippen LogP) is 3.45. The number of carbonyl (C=O) groups is 2. The van der Waals surface area contributed by atoms with Gasteiger partial charge in [0.15, 0.2) is 17.3 Å². The molecule has 0 saturated carbocycles. The van der Waals surface area contributed by atoms with Crippen molar-refractivity contribution in [2.75, 3.05) is 20.3 Å². The summed E-state index contributed by atoms with van der Waals surface area (Å²) in [6, 6.07) is 12.1. The molecule has 1 aromatic heterocycles. The number of para-hydroxylation sites is 1. The smallest absolute Gasteiger partial charge is 0.305 e. The maximum Gasteiger partial charge on any atom is 0.305 e. The van der Waals surface area contributed by atoms with Gasteiger partial charge in [0.25, 0.3) is 5.91 Å². The number of methoxy groups -OCH3 is 1. The zero-order chi connectivity index (χ0) is 21.5. The molecule has 158 valence electrons. The molecule has 0 aliphatic rings. The van der Waals surface area contributed by atoms with Gasteiger partial charge in [-0.3, -0.25) is 20.4 Å². The Bertz CT molecular complexity index is 1040. The van der Waals surface area contributed by atoms with Crippen LogP contribution in [0.4, 0.5) is 0 Å². The van der Waals surface area contributed by atoms with Crippen LogP contribution in [0.3, 0.4) is 0 Å². The Morgan fingerprint density at radius 2 is 1.73 bits per heavy atom. The number of benzene rings is 2. The fourth-order valence-corrected chi connectivity index (χ4v) is 2.96.